The number of nitrogens with zero attached hydrogens (tertiary/aromatic N) is 1. The predicted molar refractivity (Wildman–Crippen MR) is 137 cm³/mol. The van der Waals surface area contributed by atoms with Crippen LogP contribution in [0.15, 0.2) is 24.5 Å². The molecule has 4 aliphatic carbocycles. The molecule has 35 heavy (non-hydrogen) atoms. The number of aliphatic hydroxyl groups excluding tert-OH is 2. The summed E-state index contributed by atoms with van der Waals surface area (Å²) in [4.78, 5) is 16.6. The van der Waals surface area contributed by atoms with E-state index < -0.39 is 0 Å². The highest BCUT2D eigenvalue weighted by atomic mass is 16.3. The van der Waals surface area contributed by atoms with Crippen molar-refractivity contribution in [3.8, 4) is 0 Å². The lowest BCUT2D eigenvalue weighted by atomic mass is 9.43. The minimum absolute atomic E-state index is 0.0362. The summed E-state index contributed by atoms with van der Waals surface area (Å²) >= 11 is 0. The minimum atomic E-state index is -0.258. The number of pyridine rings is 1. The second-order valence-corrected chi connectivity index (χ2v) is 13.0. The highest BCUT2D eigenvalue weighted by Gasteiger charge is 2.63. The molecule has 0 aromatic carbocycles. The zero-order valence-corrected chi connectivity index (χ0v) is 22.0. The van der Waals surface area contributed by atoms with E-state index in [-0.39, 0.29) is 28.9 Å². The van der Waals surface area contributed by atoms with Gasteiger partial charge in [-0.15, -0.1) is 0 Å². The molecule has 1 aromatic heterocycles. The number of hydrogen-bond donors (Lipinski definition) is 3. The first-order valence-corrected chi connectivity index (χ1v) is 14.2. The molecular weight excluding hydrogens is 436 g/mol. The number of aliphatic hydroxyl groups is 2. The summed E-state index contributed by atoms with van der Waals surface area (Å²) in [5.41, 5.74) is 1.32. The van der Waals surface area contributed by atoms with Gasteiger partial charge in [0.1, 0.15) is 0 Å². The summed E-state index contributed by atoms with van der Waals surface area (Å²) < 4.78 is 0. The van der Waals surface area contributed by atoms with Gasteiger partial charge in [0.15, 0.2) is 0 Å². The highest BCUT2D eigenvalue weighted by molar-refractivity contribution is 5.75. The monoisotopic (exact) mass is 482 g/mol. The Labute approximate surface area is 211 Å². The van der Waals surface area contributed by atoms with E-state index in [1.807, 2.05) is 12.1 Å². The van der Waals surface area contributed by atoms with Gasteiger partial charge in [0.25, 0.3) is 0 Å². The number of fused-ring (bicyclic) bond motifs is 5. The lowest BCUT2D eigenvalue weighted by Gasteiger charge is -2.62. The molecule has 5 rings (SSSR count). The average molecular weight is 483 g/mol. The summed E-state index contributed by atoms with van der Waals surface area (Å²) in [5, 5.41) is 25.1. The fraction of sp³-hybridized carbons (Fsp3) is 0.800. The van der Waals surface area contributed by atoms with Crippen LogP contribution in [0.2, 0.25) is 0 Å². The molecule has 1 amide bonds. The predicted octanol–water partition coefficient (Wildman–Crippen LogP) is 5.10. The van der Waals surface area contributed by atoms with Gasteiger partial charge in [-0.2, -0.15) is 0 Å². The SMILES string of the molecule is C[C@H](CCC(=O)NCc1ccncc1)[C@@H]1CC[C@@H]2[C@@H]3CC[C@H]4C[C@H](O)CC[C@]4(C)[C@@H]3C[C@H](O)[C@@]21C. The molecular formula is C30H46N2O3. The van der Waals surface area contributed by atoms with E-state index in [1.54, 1.807) is 12.4 Å². The zero-order valence-electron chi connectivity index (χ0n) is 22.0. The Hall–Kier alpha value is -1.46. The van der Waals surface area contributed by atoms with Gasteiger partial charge in [-0.3, -0.25) is 9.78 Å². The molecule has 0 radical (unpaired) electrons. The molecule has 194 valence electrons. The third kappa shape index (κ3) is 4.45. The number of carbonyl (C=O) groups excluding carboxylic acids is 1. The fourth-order valence-corrected chi connectivity index (χ4v) is 9.51. The van der Waals surface area contributed by atoms with Crippen molar-refractivity contribution in [3.63, 3.8) is 0 Å². The van der Waals surface area contributed by atoms with Crippen molar-refractivity contribution in [1.29, 1.82) is 0 Å². The van der Waals surface area contributed by atoms with Crippen LogP contribution in [0.5, 0.6) is 0 Å². The Kier molecular flexibility index (Phi) is 7.04. The quantitative estimate of drug-likeness (QED) is 0.527. The van der Waals surface area contributed by atoms with E-state index in [4.69, 9.17) is 0 Å². The van der Waals surface area contributed by atoms with Gasteiger partial charge >= 0.3 is 0 Å². The van der Waals surface area contributed by atoms with Crippen LogP contribution in [-0.4, -0.2) is 33.3 Å². The molecule has 4 fully saturated rings. The Morgan fingerprint density at radius 2 is 1.86 bits per heavy atom. The number of carbonyl (C=O) groups is 1. The highest BCUT2D eigenvalue weighted by Crippen LogP contribution is 2.68. The van der Waals surface area contributed by atoms with Crippen LogP contribution in [0.3, 0.4) is 0 Å². The number of amides is 1. The summed E-state index contributed by atoms with van der Waals surface area (Å²) in [6.07, 6.45) is 13.4. The van der Waals surface area contributed by atoms with Crippen molar-refractivity contribution < 1.29 is 15.0 Å². The van der Waals surface area contributed by atoms with Crippen molar-refractivity contribution >= 4 is 5.91 Å². The fourth-order valence-electron chi connectivity index (χ4n) is 9.51. The third-order valence-corrected chi connectivity index (χ3v) is 11.6. The second-order valence-electron chi connectivity index (χ2n) is 13.0. The molecule has 3 N–H and O–H groups in total. The molecule has 1 heterocycles. The van der Waals surface area contributed by atoms with Crippen molar-refractivity contribution in [2.24, 2.45) is 46.3 Å². The molecule has 5 nitrogen and oxygen atoms in total. The maximum Gasteiger partial charge on any atom is 0.220 e. The Morgan fingerprint density at radius 3 is 2.63 bits per heavy atom. The number of nitrogens with one attached hydrogen (secondary N) is 1. The van der Waals surface area contributed by atoms with Crippen LogP contribution in [0.25, 0.3) is 0 Å². The van der Waals surface area contributed by atoms with Gasteiger partial charge in [-0.25, -0.2) is 0 Å². The van der Waals surface area contributed by atoms with Gasteiger partial charge < -0.3 is 15.5 Å². The van der Waals surface area contributed by atoms with Crippen molar-refractivity contribution in [2.75, 3.05) is 0 Å². The summed E-state index contributed by atoms with van der Waals surface area (Å²) in [5.74, 6) is 3.54. The first-order valence-electron chi connectivity index (χ1n) is 14.2. The van der Waals surface area contributed by atoms with Gasteiger partial charge in [-0.05, 0) is 122 Å². The largest absolute Gasteiger partial charge is 0.393 e. The lowest BCUT2D eigenvalue weighted by molar-refractivity contribution is -0.174. The molecule has 4 aliphatic rings. The molecule has 10 atom stereocenters. The van der Waals surface area contributed by atoms with Crippen molar-refractivity contribution in [2.45, 2.75) is 104 Å². The normalized spacial score (nSPS) is 43.5. The maximum absolute atomic E-state index is 12.5. The van der Waals surface area contributed by atoms with E-state index in [1.165, 1.54) is 25.7 Å². The zero-order chi connectivity index (χ0) is 24.8. The topological polar surface area (TPSA) is 82.5 Å². The van der Waals surface area contributed by atoms with E-state index in [9.17, 15) is 15.0 Å². The molecule has 1 aromatic rings. The van der Waals surface area contributed by atoms with Gasteiger partial charge in [0.05, 0.1) is 12.2 Å². The smallest absolute Gasteiger partial charge is 0.220 e. The molecule has 0 aliphatic heterocycles. The average Bonchev–Trinajstić information content (AvgIpc) is 3.22. The van der Waals surface area contributed by atoms with Crippen LogP contribution < -0.4 is 5.32 Å². The Morgan fingerprint density at radius 1 is 1.09 bits per heavy atom. The number of aromatic nitrogens is 1. The van der Waals surface area contributed by atoms with Crippen LogP contribution in [0.4, 0.5) is 0 Å². The maximum atomic E-state index is 12.5. The van der Waals surface area contributed by atoms with Gasteiger partial charge in [0.2, 0.25) is 5.91 Å². The molecule has 0 bridgehead atoms. The van der Waals surface area contributed by atoms with E-state index in [0.29, 0.717) is 48.5 Å². The van der Waals surface area contributed by atoms with E-state index in [2.05, 4.69) is 31.1 Å². The van der Waals surface area contributed by atoms with Crippen LogP contribution in [0, 0.1) is 46.3 Å². The van der Waals surface area contributed by atoms with Crippen LogP contribution >= 0.6 is 0 Å². The second kappa shape index (κ2) is 9.78. The minimum Gasteiger partial charge on any atom is -0.393 e. The van der Waals surface area contributed by atoms with Crippen LogP contribution in [0.1, 0.15) is 90.5 Å². The van der Waals surface area contributed by atoms with E-state index >= 15 is 0 Å². The summed E-state index contributed by atoms with van der Waals surface area (Å²) in [6, 6.07) is 3.87. The molecule has 5 heteroatoms. The number of hydrogen-bond acceptors (Lipinski definition) is 4. The molecule has 0 saturated heterocycles. The summed E-state index contributed by atoms with van der Waals surface area (Å²) in [7, 11) is 0. The standard InChI is InChI=1S/C30H46N2O3/c1-19(4-9-28(35)32-18-20-11-14-31-15-12-20)24-7-8-25-23-6-5-21-16-22(33)10-13-29(21,2)26(23)17-27(34)30(24,25)3/h11-12,14-15,19,21-27,33-34H,4-10,13,16-18H2,1-3H3,(H,32,35)/t19-,21+,22-,23+,24+,25-,26-,27+,29+,30-/m1/s1. The lowest BCUT2D eigenvalue weighted by Crippen LogP contribution is -2.58. The van der Waals surface area contributed by atoms with Gasteiger partial charge in [-0.1, -0.05) is 20.8 Å². The first-order chi connectivity index (χ1) is 16.7. The van der Waals surface area contributed by atoms with Crippen LogP contribution in [-0.2, 0) is 11.3 Å². The third-order valence-electron chi connectivity index (χ3n) is 11.6. The van der Waals surface area contributed by atoms with Crippen molar-refractivity contribution in [3.05, 3.63) is 30.1 Å². The first kappa shape index (κ1) is 25.2. The molecule has 0 unspecified atom stereocenters. The van der Waals surface area contributed by atoms with Crippen molar-refractivity contribution in [1.82, 2.24) is 10.3 Å². The Balaban J connectivity index is 1.22. The summed E-state index contributed by atoms with van der Waals surface area (Å²) in [6.45, 7) is 7.73. The van der Waals surface area contributed by atoms with E-state index in [0.717, 1.165) is 37.7 Å². The Bertz CT molecular complexity index is 893. The molecule has 0 spiro atoms. The molecule has 4 saturated carbocycles. The van der Waals surface area contributed by atoms with Gasteiger partial charge in [0, 0.05) is 25.4 Å². The number of rotatable bonds is 6.